The van der Waals surface area contributed by atoms with E-state index in [9.17, 15) is 0 Å². The number of pyridine rings is 1. The molecule has 0 spiro atoms. The van der Waals surface area contributed by atoms with Crippen LogP contribution in [0.2, 0.25) is 0 Å². The number of aromatic nitrogens is 1. The molecule has 1 saturated heterocycles. The van der Waals surface area contributed by atoms with E-state index in [1.54, 1.807) is 7.11 Å². The third-order valence-electron chi connectivity index (χ3n) is 2.43. The topological polar surface area (TPSA) is 60.6 Å². The minimum absolute atomic E-state index is 0.432. The number of hydrogen-bond acceptors (Lipinski definition) is 5. The van der Waals surface area contributed by atoms with Crippen molar-refractivity contribution in [1.82, 2.24) is 4.98 Å². The molecule has 0 aromatic carbocycles. The monoisotopic (exact) mass is 209 g/mol. The smallest absolute Gasteiger partial charge is 0.168 e. The largest absolute Gasteiger partial charge is 0.493 e. The molecular formula is C10H15N3O2. The fourth-order valence-electron chi connectivity index (χ4n) is 1.59. The summed E-state index contributed by atoms with van der Waals surface area (Å²) in [5, 5.41) is 0. The van der Waals surface area contributed by atoms with Crippen molar-refractivity contribution >= 4 is 11.6 Å². The second-order valence-electron chi connectivity index (χ2n) is 3.36. The van der Waals surface area contributed by atoms with Crippen LogP contribution in [0.5, 0.6) is 5.75 Å². The summed E-state index contributed by atoms with van der Waals surface area (Å²) in [6, 6.07) is 3.76. The molecule has 0 saturated carbocycles. The maximum Gasteiger partial charge on any atom is 0.168 e. The predicted octanol–water partition coefficient (Wildman–Crippen LogP) is 0.509. The molecule has 15 heavy (non-hydrogen) atoms. The molecule has 5 heteroatoms. The fraction of sp³-hybridized carbons (Fsp3) is 0.500. The SMILES string of the molecule is COc1ccc(N2CCOCC2)nc1N. The second kappa shape index (κ2) is 4.35. The number of hydrogen-bond donors (Lipinski definition) is 1. The minimum atomic E-state index is 0.432. The van der Waals surface area contributed by atoms with Crippen molar-refractivity contribution in [3.8, 4) is 5.75 Å². The van der Waals surface area contributed by atoms with Gasteiger partial charge in [0, 0.05) is 13.1 Å². The zero-order valence-corrected chi connectivity index (χ0v) is 8.77. The Bertz CT molecular complexity index is 337. The van der Waals surface area contributed by atoms with E-state index in [-0.39, 0.29) is 0 Å². The molecule has 0 amide bonds. The van der Waals surface area contributed by atoms with Crippen LogP contribution in [0.15, 0.2) is 12.1 Å². The van der Waals surface area contributed by atoms with Crippen LogP contribution in [0.1, 0.15) is 0 Å². The first kappa shape index (κ1) is 10.0. The third kappa shape index (κ3) is 2.12. The van der Waals surface area contributed by atoms with Gasteiger partial charge in [-0.3, -0.25) is 0 Å². The van der Waals surface area contributed by atoms with Crippen LogP contribution in [-0.2, 0) is 4.74 Å². The van der Waals surface area contributed by atoms with E-state index in [4.69, 9.17) is 15.2 Å². The van der Waals surface area contributed by atoms with Crippen LogP contribution in [0.3, 0.4) is 0 Å². The lowest BCUT2D eigenvalue weighted by Gasteiger charge is -2.28. The Morgan fingerprint density at radius 3 is 2.73 bits per heavy atom. The highest BCUT2D eigenvalue weighted by atomic mass is 16.5. The van der Waals surface area contributed by atoms with Gasteiger partial charge in [0.15, 0.2) is 11.6 Å². The summed E-state index contributed by atoms with van der Waals surface area (Å²) >= 11 is 0. The number of ether oxygens (including phenoxy) is 2. The normalized spacial score (nSPS) is 16.5. The van der Waals surface area contributed by atoms with Gasteiger partial charge in [0.05, 0.1) is 20.3 Å². The molecule has 0 atom stereocenters. The van der Waals surface area contributed by atoms with Gasteiger partial charge in [0.2, 0.25) is 0 Å². The first-order valence-corrected chi connectivity index (χ1v) is 4.94. The Morgan fingerprint density at radius 2 is 2.13 bits per heavy atom. The van der Waals surface area contributed by atoms with Gasteiger partial charge in [0.25, 0.3) is 0 Å². The van der Waals surface area contributed by atoms with Crippen molar-refractivity contribution in [2.24, 2.45) is 0 Å². The molecule has 1 aromatic heterocycles. The summed E-state index contributed by atoms with van der Waals surface area (Å²) < 4.78 is 10.3. The molecule has 0 bridgehead atoms. The molecule has 2 N–H and O–H groups in total. The van der Waals surface area contributed by atoms with Crippen LogP contribution in [0.25, 0.3) is 0 Å². The van der Waals surface area contributed by atoms with Crippen LogP contribution in [0.4, 0.5) is 11.6 Å². The molecule has 0 radical (unpaired) electrons. The van der Waals surface area contributed by atoms with E-state index in [1.165, 1.54) is 0 Å². The van der Waals surface area contributed by atoms with E-state index in [2.05, 4.69) is 9.88 Å². The summed E-state index contributed by atoms with van der Waals surface area (Å²) in [7, 11) is 1.59. The first-order chi connectivity index (χ1) is 7.31. The molecule has 1 aliphatic heterocycles. The molecule has 2 rings (SSSR count). The zero-order chi connectivity index (χ0) is 10.7. The van der Waals surface area contributed by atoms with Crippen molar-refractivity contribution in [2.45, 2.75) is 0 Å². The van der Waals surface area contributed by atoms with E-state index < -0.39 is 0 Å². The highest BCUT2D eigenvalue weighted by molar-refractivity contribution is 5.53. The first-order valence-electron chi connectivity index (χ1n) is 4.94. The van der Waals surface area contributed by atoms with E-state index in [0.717, 1.165) is 32.1 Å². The molecule has 5 nitrogen and oxygen atoms in total. The average molecular weight is 209 g/mol. The van der Waals surface area contributed by atoms with Crippen molar-refractivity contribution < 1.29 is 9.47 Å². The summed E-state index contributed by atoms with van der Waals surface area (Å²) in [6.45, 7) is 3.21. The molecular weight excluding hydrogens is 194 g/mol. The Kier molecular flexibility index (Phi) is 2.91. The van der Waals surface area contributed by atoms with Gasteiger partial charge in [-0.15, -0.1) is 0 Å². The van der Waals surface area contributed by atoms with Gasteiger partial charge in [-0.1, -0.05) is 0 Å². The van der Waals surface area contributed by atoms with Gasteiger partial charge in [-0.2, -0.15) is 0 Å². The molecule has 1 aliphatic rings. The Hall–Kier alpha value is -1.49. The number of anilines is 2. The molecule has 82 valence electrons. The maximum absolute atomic E-state index is 5.74. The number of morpholine rings is 1. The van der Waals surface area contributed by atoms with E-state index in [1.807, 2.05) is 12.1 Å². The summed E-state index contributed by atoms with van der Waals surface area (Å²) in [5.74, 6) is 1.94. The highest BCUT2D eigenvalue weighted by Crippen LogP contribution is 2.23. The lowest BCUT2D eigenvalue weighted by molar-refractivity contribution is 0.122. The van der Waals surface area contributed by atoms with Crippen molar-refractivity contribution in [3.05, 3.63) is 12.1 Å². The minimum Gasteiger partial charge on any atom is -0.493 e. The van der Waals surface area contributed by atoms with E-state index >= 15 is 0 Å². The number of nitrogens with two attached hydrogens (primary N) is 1. The Balaban J connectivity index is 2.17. The number of methoxy groups -OCH3 is 1. The lowest BCUT2D eigenvalue weighted by atomic mass is 10.3. The quantitative estimate of drug-likeness (QED) is 0.769. The summed E-state index contributed by atoms with van der Waals surface area (Å²) in [5.41, 5.74) is 5.74. The lowest BCUT2D eigenvalue weighted by Crippen LogP contribution is -2.36. The molecule has 1 aromatic rings. The molecule has 2 heterocycles. The zero-order valence-electron chi connectivity index (χ0n) is 8.77. The number of rotatable bonds is 2. The average Bonchev–Trinajstić information content (AvgIpc) is 2.30. The van der Waals surface area contributed by atoms with Gasteiger partial charge in [-0.05, 0) is 12.1 Å². The Labute approximate surface area is 88.8 Å². The fourth-order valence-corrected chi connectivity index (χ4v) is 1.59. The predicted molar refractivity (Wildman–Crippen MR) is 58.2 cm³/mol. The highest BCUT2D eigenvalue weighted by Gasteiger charge is 2.13. The van der Waals surface area contributed by atoms with Crippen LogP contribution >= 0.6 is 0 Å². The van der Waals surface area contributed by atoms with Gasteiger partial charge < -0.3 is 20.1 Å². The van der Waals surface area contributed by atoms with Gasteiger partial charge >= 0.3 is 0 Å². The third-order valence-corrected chi connectivity index (χ3v) is 2.43. The van der Waals surface area contributed by atoms with Crippen LogP contribution in [0, 0.1) is 0 Å². The molecule has 0 unspecified atom stereocenters. The number of nitrogen functional groups attached to an aromatic ring is 1. The standard InChI is InChI=1S/C10H15N3O2/c1-14-8-2-3-9(12-10(8)11)13-4-6-15-7-5-13/h2-3H,4-7H2,1H3,(H2,11,12). The maximum atomic E-state index is 5.74. The Morgan fingerprint density at radius 1 is 1.40 bits per heavy atom. The van der Waals surface area contributed by atoms with Crippen molar-refractivity contribution in [1.29, 1.82) is 0 Å². The van der Waals surface area contributed by atoms with Gasteiger partial charge in [0.1, 0.15) is 5.82 Å². The van der Waals surface area contributed by atoms with Crippen molar-refractivity contribution in [2.75, 3.05) is 44.0 Å². The summed E-state index contributed by atoms with van der Waals surface area (Å²) in [4.78, 5) is 6.44. The van der Waals surface area contributed by atoms with Crippen LogP contribution < -0.4 is 15.4 Å². The second-order valence-corrected chi connectivity index (χ2v) is 3.36. The summed E-state index contributed by atoms with van der Waals surface area (Å²) in [6.07, 6.45) is 0. The van der Waals surface area contributed by atoms with Crippen LogP contribution in [-0.4, -0.2) is 38.4 Å². The van der Waals surface area contributed by atoms with Crippen molar-refractivity contribution in [3.63, 3.8) is 0 Å². The number of nitrogens with zero attached hydrogens (tertiary/aromatic N) is 2. The molecule has 0 aliphatic carbocycles. The van der Waals surface area contributed by atoms with Gasteiger partial charge in [-0.25, -0.2) is 4.98 Å². The molecule has 1 fully saturated rings. The van der Waals surface area contributed by atoms with E-state index in [0.29, 0.717) is 11.6 Å².